The standard InChI is InChI=1S/C33H39NO11S2/c1-33(2,47-32(40)45-23-43-29(37)25-14-8-4-9-15-25)27(35)20-26(30(38)41-19-18-34-16-10-5-11-17-34)21-46-31(39)44-22-42-28(36)24-12-6-3-7-13-24/h3-4,6-9,12-15,26H,5,10-11,16-23H2,1-2H3/t26-/m0/s1. The lowest BCUT2D eigenvalue weighted by Crippen LogP contribution is -2.36. The Labute approximate surface area is 282 Å². The van der Waals surface area contributed by atoms with Crippen LogP contribution in [0, 0.1) is 5.92 Å². The van der Waals surface area contributed by atoms with Crippen molar-refractivity contribution in [1.82, 2.24) is 4.90 Å². The molecule has 1 atom stereocenters. The molecule has 0 bridgehead atoms. The first-order valence-electron chi connectivity index (χ1n) is 15.1. The average Bonchev–Trinajstić information content (AvgIpc) is 3.07. The summed E-state index contributed by atoms with van der Waals surface area (Å²) in [6.45, 7) is 4.24. The first-order valence-corrected chi connectivity index (χ1v) is 16.9. The van der Waals surface area contributed by atoms with E-state index in [4.69, 9.17) is 23.7 Å². The Hall–Kier alpha value is -3.88. The molecule has 3 rings (SSSR count). The van der Waals surface area contributed by atoms with E-state index in [0.717, 1.165) is 25.9 Å². The highest BCUT2D eigenvalue weighted by Gasteiger charge is 2.36. The molecule has 0 aromatic heterocycles. The normalized spacial score (nSPS) is 13.9. The number of ether oxygens (including phenoxy) is 5. The molecule has 0 spiro atoms. The van der Waals surface area contributed by atoms with Crippen molar-refractivity contribution in [2.45, 2.75) is 44.3 Å². The van der Waals surface area contributed by atoms with E-state index in [2.05, 4.69) is 4.90 Å². The zero-order chi connectivity index (χ0) is 34.1. The fraction of sp³-hybridized carbons (Fsp3) is 0.455. The first-order chi connectivity index (χ1) is 22.5. The molecular weight excluding hydrogens is 650 g/mol. The lowest BCUT2D eigenvalue weighted by Gasteiger charge is -2.26. The molecule has 0 saturated carbocycles. The van der Waals surface area contributed by atoms with Crippen molar-refractivity contribution >= 4 is 57.8 Å². The third-order valence-corrected chi connectivity index (χ3v) is 8.98. The summed E-state index contributed by atoms with van der Waals surface area (Å²) in [7, 11) is 0. The number of hydrogen-bond donors (Lipinski definition) is 0. The van der Waals surface area contributed by atoms with Gasteiger partial charge in [-0.05, 0) is 87.6 Å². The van der Waals surface area contributed by atoms with Crippen molar-refractivity contribution < 1.29 is 52.5 Å². The van der Waals surface area contributed by atoms with E-state index in [9.17, 15) is 28.8 Å². The summed E-state index contributed by atoms with van der Waals surface area (Å²) >= 11 is 1.21. The van der Waals surface area contributed by atoms with Gasteiger partial charge in [0.2, 0.25) is 13.6 Å². The zero-order valence-corrected chi connectivity index (χ0v) is 28.0. The van der Waals surface area contributed by atoms with Crippen molar-refractivity contribution in [1.29, 1.82) is 0 Å². The van der Waals surface area contributed by atoms with Crippen LogP contribution in [0.1, 0.15) is 60.2 Å². The Balaban J connectivity index is 1.50. The number of nitrogens with zero attached hydrogens (tertiary/aromatic N) is 1. The molecule has 0 amide bonds. The molecule has 1 saturated heterocycles. The molecule has 1 fully saturated rings. The van der Waals surface area contributed by atoms with Crippen LogP contribution in [0.4, 0.5) is 9.59 Å². The molecule has 0 aliphatic carbocycles. The van der Waals surface area contributed by atoms with Gasteiger partial charge in [0.25, 0.3) is 0 Å². The van der Waals surface area contributed by atoms with Crippen molar-refractivity contribution in [2.75, 3.05) is 45.6 Å². The number of rotatable bonds is 16. The number of Topliss-reactive ketones (excluding diaryl/α,β-unsaturated/α-hetero) is 1. The number of benzene rings is 2. The Bertz CT molecular complexity index is 1350. The maximum atomic E-state index is 13.3. The monoisotopic (exact) mass is 689 g/mol. The predicted molar refractivity (Wildman–Crippen MR) is 175 cm³/mol. The minimum absolute atomic E-state index is 0.125. The van der Waals surface area contributed by atoms with Crippen molar-refractivity contribution in [3.05, 3.63) is 71.8 Å². The number of hydrogen-bond acceptors (Lipinski definition) is 14. The van der Waals surface area contributed by atoms with Gasteiger partial charge < -0.3 is 23.7 Å². The third-order valence-electron chi connectivity index (χ3n) is 7.03. The van der Waals surface area contributed by atoms with Crippen LogP contribution in [0.3, 0.4) is 0 Å². The van der Waals surface area contributed by atoms with Crippen LogP contribution in [0.25, 0.3) is 0 Å². The number of esters is 3. The van der Waals surface area contributed by atoms with Crippen molar-refractivity contribution in [3.63, 3.8) is 0 Å². The van der Waals surface area contributed by atoms with Gasteiger partial charge in [0, 0.05) is 18.7 Å². The third kappa shape index (κ3) is 13.8. The number of ketones is 1. The molecule has 12 nitrogen and oxygen atoms in total. The average molecular weight is 690 g/mol. The summed E-state index contributed by atoms with van der Waals surface area (Å²) in [5.74, 6) is -3.66. The van der Waals surface area contributed by atoms with E-state index >= 15 is 0 Å². The fourth-order valence-corrected chi connectivity index (χ4v) is 5.78. The van der Waals surface area contributed by atoms with Gasteiger partial charge in [0.15, 0.2) is 0 Å². The minimum Gasteiger partial charge on any atom is -0.464 e. The largest absolute Gasteiger partial charge is 0.464 e. The van der Waals surface area contributed by atoms with Crippen molar-refractivity contribution in [2.24, 2.45) is 5.92 Å². The number of carbonyl (C=O) groups is 6. The van der Waals surface area contributed by atoms with Gasteiger partial charge in [0.1, 0.15) is 12.4 Å². The Morgan fingerprint density at radius 2 is 1.26 bits per heavy atom. The van der Waals surface area contributed by atoms with Crippen LogP contribution < -0.4 is 0 Å². The van der Waals surface area contributed by atoms with Gasteiger partial charge in [0.05, 0.1) is 21.8 Å². The van der Waals surface area contributed by atoms with Crippen LogP contribution in [-0.2, 0) is 33.3 Å². The van der Waals surface area contributed by atoms with E-state index in [1.807, 2.05) is 0 Å². The van der Waals surface area contributed by atoms with E-state index in [0.29, 0.717) is 35.6 Å². The number of carbonyl (C=O) groups excluding carboxylic acids is 6. The second-order valence-corrected chi connectivity index (χ2v) is 13.5. The zero-order valence-electron chi connectivity index (χ0n) is 26.4. The van der Waals surface area contributed by atoms with Gasteiger partial charge >= 0.3 is 28.5 Å². The topological polar surface area (TPSA) is 152 Å². The van der Waals surface area contributed by atoms with Gasteiger partial charge in [-0.15, -0.1) is 0 Å². The molecule has 1 aliphatic rings. The summed E-state index contributed by atoms with van der Waals surface area (Å²) in [6.07, 6.45) is 2.99. The van der Waals surface area contributed by atoms with Gasteiger partial charge in [-0.2, -0.15) is 0 Å². The van der Waals surface area contributed by atoms with Crippen LogP contribution in [0.5, 0.6) is 0 Å². The second-order valence-electron chi connectivity index (χ2n) is 10.9. The van der Waals surface area contributed by atoms with E-state index in [1.165, 1.54) is 20.3 Å². The van der Waals surface area contributed by atoms with E-state index < -0.39 is 58.5 Å². The molecule has 254 valence electrons. The Morgan fingerprint density at radius 3 is 1.81 bits per heavy atom. The number of piperidine rings is 1. The summed E-state index contributed by atoms with van der Waals surface area (Å²) in [4.78, 5) is 77.5. The smallest absolute Gasteiger partial charge is 0.371 e. The maximum absolute atomic E-state index is 13.3. The fourth-order valence-electron chi connectivity index (χ4n) is 4.34. The highest BCUT2D eigenvalue weighted by Crippen LogP contribution is 2.31. The van der Waals surface area contributed by atoms with E-state index in [1.54, 1.807) is 60.7 Å². The van der Waals surface area contributed by atoms with Crippen LogP contribution in [-0.4, -0.2) is 89.5 Å². The molecule has 0 N–H and O–H groups in total. The highest BCUT2D eigenvalue weighted by atomic mass is 32.2. The number of likely N-dealkylation sites (tertiary alicyclic amines) is 1. The van der Waals surface area contributed by atoms with Crippen LogP contribution in [0.15, 0.2) is 60.7 Å². The maximum Gasteiger partial charge on any atom is 0.371 e. The molecule has 2 aromatic carbocycles. The van der Waals surface area contributed by atoms with Gasteiger partial charge in [-0.3, -0.25) is 14.5 Å². The molecule has 0 unspecified atom stereocenters. The summed E-state index contributed by atoms with van der Waals surface area (Å²) in [5, 5.41) is -1.67. The van der Waals surface area contributed by atoms with Crippen molar-refractivity contribution in [3.8, 4) is 0 Å². The van der Waals surface area contributed by atoms with E-state index in [-0.39, 0.29) is 24.3 Å². The first kappa shape index (κ1) is 37.6. The predicted octanol–water partition coefficient (Wildman–Crippen LogP) is 5.74. The number of thioether (sulfide) groups is 2. The second kappa shape index (κ2) is 19.7. The van der Waals surface area contributed by atoms with Gasteiger partial charge in [-0.1, -0.05) is 42.8 Å². The summed E-state index contributed by atoms with van der Waals surface area (Å²) in [5.41, 5.74) is 0.579. The molecule has 0 radical (unpaired) electrons. The SMILES string of the molecule is CC(C)(SC(=O)OCOC(=O)c1ccccc1)C(=O)C[C@@H](CSC(=O)OCOC(=O)c1ccccc1)C(=O)OCCN1CCCCC1. The Morgan fingerprint density at radius 1 is 0.723 bits per heavy atom. The molecule has 1 heterocycles. The molecule has 14 heteroatoms. The molecule has 1 aliphatic heterocycles. The lowest BCUT2D eigenvalue weighted by molar-refractivity contribution is -0.149. The minimum atomic E-state index is -1.33. The summed E-state index contributed by atoms with van der Waals surface area (Å²) < 4.78 is 24.0. The quantitative estimate of drug-likeness (QED) is 0.120. The van der Waals surface area contributed by atoms with Gasteiger partial charge in [-0.25, -0.2) is 19.2 Å². The van der Waals surface area contributed by atoms with Crippen LogP contribution in [0.2, 0.25) is 0 Å². The molecule has 47 heavy (non-hydrogen) atoms. The highest BCUT2D eigenvalue weighted by molar-refractivity contribution is 8.15. The lowest BCUT2D eigenvalue weighted by atomic mass is 9.97. The van der Waals surface area contributed by atoms with Crippen LogP contribution >= 0.6 is 23.5 Å². The summed E-state index contributed by atoms with van der Waals surface area (Å²) in [6, 6.07) is 16.3. The molecular formula is C33H39NO11S2. The Kier molecular flexibility index (Phi) is 15.8. The molecule has 2 aromatic rings.